The number of Topliss-reactive ketones (excluding diaryl/α,β-unsaturated/α-hetero) is 1. The molecule has 2 saturated carbocycles. The van der Waals surface area contributed by atoms with E-state index in [4.69, 9.17) is 4.74 Å². The SMILES string of the molecule is COc1ccc(C(=O)C2C3CCCCC32)c(Br)c1. The topological polar surface area (TPSA) is 26.3 Å². The molecule has 2 nitrogen and oxygen atoms in total. The van der Waals surface area contributed by atoms with E-state index in [1.54, 1.807) is 7.11 Å². The molecule has 0 aliphatic heterocycles. The fourth-order valence-electron chi connectivity index (χ4n) is 3.38. The van der Waals surface area contributed by atoms with Gasteiger partial charge in [-0.2, -0.15) is 0 Å². The number of carbonyl (C=O) groups excluding carboxylic acids is 1. The van der Waals surface area contributed by atoms with Gasteiger partial charge in [-0.25, -0.2) is 0 Å². The molecule has 96 valence electrons. The van der Waals surface area contributed by atoms with Crippen LogP contribution in [0.15, 0.2) is 22.7 Å². The Kier molecular flexibility index (Phi) is 3.18. The fraction of sp³-hybridized carbons (Fsp3) is 0.533. The van der Waals surface area contributed by atoms with Crippen molar-refractivity contribution in [3.63, 3.8) is 0 Å². The van der Waals surface area contributed by atoms with Crippen LogP contribution < -0.4 is 4.74 Å². The van der Waals surface area contributed by atoms with Crippen molar-refractivity contribution in [2.45, 2.75) is 25.7 Å². The molecule has 1 aromatic rings. The molecule has 0 aromatic heterocycles. The van der Waals surface area contributed by atoms with Crippen molar-refractivity contribution in [2.24, 2.45) is 17.8 Å². The van der Waals surface area contributed by atoms with Crippen LogP contribution in [0, 0.1) is 17.8 Å². The third kappa shape index (κ3) is 1.99. The number of rotatable bonds is 3. The maximum atomic E-state index is 12.5. The van der Waals surface area contributed by atoms with E-state index < -0.39 is 0 Å². The molecule has 2 aliphatic rings. The average Bonchev–Trinajstić information content (AvgIpc) is 3.12. The third-order valence-corrected chi connectivity index (χ3v) is 5.06. The number of fused-ring (bicyclic) bond motifs is 1. The van der Waals surface area contributed by atoms with Gasteiger partial charge < -0.3 is 4.74 Å². The van der Waals surface area contributed by atoms with Crippen LogP contribution in [-0.4, -0.2) is 12.9 Å². The molecule has 1 aromatic carbocycles. The number of halogens is 1. The number of methoxy groups -OCH3 is 1. The molecular weight excluding hydrogens is 292 g/mol. The fourth-order valence-corrected chi connectivity index (χ4v) is 3.94. The summed E-state index contributed by atoms with van der Waals surface area (Å²) in [7, 11) is 1.64. The molecule has 2 fully saturated rings. The Morgan fingerprint density at radius 2 is 1.94 bits per heavy atom. The molecule has 0 N–H and O–H groups in total. The van der Waals surface area contributed by atoms with E-state index in [0.717, 1.165) is 15.8 Å². The van der Waals surface area contributed by atoms with E-state index in [1.165, 1.54) is 25.7 Å². The number of hydrogen-bond acceptors (Lipinski definition) is 2. The lowest BCUT2D eigenvalue weighted by molar-refractivity contribution is 0.0955. The van der Waals surface area contributed by atoms with Crippen molar-refractivity contribution in [1.29, 1.82) is 0 Å². The van der Waals surface area contributed by atoms with E-state index in [9.17, 15) is 4.79 Å². The van der Waals surface area contributed by atoms with Crippen LogP contribution in [0.2, 0.25) is 0 Å². The zero-order valence-corrected chi connectivity index (χ0v) is 12.1. The Morgan fingerprint density at radius 3 is 2.50 bits per heavy atom. The molecule has 3 rings (SSSR count). The summed E-state index contributed by atoms with van der Waals surface area (Å²) in [4.78, 5) is 12.5. The summed E-state index contributed by atoms with van der Waals surface area (Å²) in [5, 5.41) is 0. The van der Waals surface area contributed by atoms with Crippen LogP contribution in [0.25, 0.3) is 0 Å². The molecule has 2 aliphatic carbocycles. The second-order valence-electron chi connectivity index (χ2n) is 5.35. The molecule has 18 heavy (non-hydrogen) atoms. The van der Waals surface area contributed by atoms with E-state index in [1.807, 2.05) is 18.2 Å². The first-order valence-electron chi connectivity index (χ1n) is 6.60. The predicted octanol–water partition coefficient (Wildman–Crippen LogP) is 4.08. The molecule has 0 radical (unpaired) electrons. The number of hydrogen-bond donors (Lipinski definition) is 0. The minimum absolute atomic E-state index is 0.289. The first-order valence-corrected chi connectivity index (χ1v) is 7.39. The molecule has 0 spiro atoms. The number of ketones is 1. The Balaban J connectivity index is 1.81. The van der Waals surface area contributed by atoms with Gasteiger partial charge in [-0.15, -0.1) is 0 Å². The molecule has 2 atom stereocenters. The van der Waals surface area contributed by atoms with Crippen LogP contribution in [0.4, 0.5) is 0 Å². The first-order chi connectivity index (χ1) is 8.72. The van der Waals surface area contributed by atoms with Crippen molar-refractivity contribution in [3.05, 3.63) is 28.2 Å². The first kappa shape index (κ1) is 12.2. The van der Waals surface area contributed by atoms with Gasteiger partial charge in [0.25, 0.3) is 0 Å². The summed E-state index contributed by atoms with van der Waals surface area (Å²) in [6, 6.07) is 5.62. The van der Waals surface area contributed by atoms with E-state index in [0.29, 0.717) is 17.6 Å². The van der Waals surface area contributed by atoms with Gasteiger partial charge in [-0.1, -0.05) is 12.8 Å². The van der Waals surface area contributed by atoms with Gasteiger partial charge in [0.15, 0.2) is 5.78 Å². The zero-order chi connectivity index (χ0) is 12.7. The summed E-state index contributed by atoms with van der Waals surface area (Å²) in [5.74, 6) is 2.73. The third-order valence-electron chi connectivity index (χ3n) is 4.40. The average molecular weight is 309 g/mol. The van der Waals surface area contributed by atoms with Gasteiger partial charge in [-0.05, 0) is 58.8 Å². The second kappa shape index (κ2) is 4.69. The summed E-state index contributed by atoms with van der Waals surface area (Å²) in [5.41, 5.74) is 0.815. The van der Waals surface area contributed by atoms with E-state index in [2.05, 4.69) is 15.9 Å². The summed E-state index contributed by atoms with van der Waals surface area (Å²) >= 11 is 3.48. The van der Waals surface area contributed by atoms with Crippen LogP contribution in [-0.2, 0) is 0 Å². The summed E-state index contributed by atoms with van der Waals surface area (Å²) < 4.78 is 6.02. The predicted molar refractivity (Wildman–Crippen MR) is 74.0 cm³/mol. The minimum atomic E-state index is 0.289. The minimum Gasteiger partial charge on any atom is -0.497 e. The smallest absolute Gasteiger partial charge is 0.167 e. The molecular formula is C15H17BrO2. The molecule has 0 amide bonds. The van der Waals surface area contributed by atoms with Crippen LogP contribution >= 0.6 is 15.9 Å². The molecule has 2 unspecified atom stereocenters. The van der Waals surface area contributed by atoms with Crippen molar-refractivity contribution in [2.75, 3.05) is 7.11 Å². The van der Waals surface area contributed by atoms with Gasteiger partial charge in [0.05, 0.1) is 7.11 Å². The van der Waals surface area contributed by atoms with E-state index in [-0.39, 0.29) is 5.92 Å². The maximum absolute atomic E-state index is 12.5. The molecule has 0 heterocycles. The van der Waals surface area contributed by atoms with Crippen LogP contribution in [0.1, 0.15) is 36.0 Å². The van der Waals surface area contributed by atoms with Gasteiger partial charge in [0.1, 0.15) is 5.75 Å². The molecule has 3 heteroatoms. The van der Waals surface area contributed by atoms with Gasteiger partial charge in [0.2, 0.25) is 0 Å². The molecule has 0 saturated heterocycles. The standard InChI is InChI=1S/C15H17BrO2/c1-18-9-6-7-12(13(16)8-9)15(17)14-10-4-2-3-5-11(10)14/h6-8,10-11,14H,2-5H2,1H3. The Hall–Kier alpha value is -0.830. The second-order valence-corrected chi connectivity index (χ2v) is 6.20. The Bertz CT molecular complexity index is 471. The lowest BCUT2D eigenvalue weighted by atomic mass is 10.0. The normalized spacial score (nSPS) is 29.6. The van der Waals surface area contributed by atoms with Crippen LogP contribution in [0.3, 0.4) is 0 Å². The zero-order valence-electron chi connectivity index (χ0n) is 10.5. The highest BCUT2D eigenvalue weighted by molar-refractivity contribution is 9.10. The van der Waals surface area contributed by atoms with Gasteiger partial charge in [-0.3, -0.25) is 4.79 Å². The monoisotopic (exact) mass is 308 g/mol. The number of ether oxygens (including phenoxy) is 1. The van der Waals surface area contributed by atoms with Crippen molar-refractivity contribution in [1.82, 2.24) is 0 Å². The number of carbonyl (C=O) groups is 1. The van der Waals surface area contributed by atoms with Crippen molar-refractivity contribution in [3.8, 4) is 5.75 Å². The van der Waals surface area contributed by atoms with Crippen molar-refractivity contribution >= 4 is 21.7 Å². The van der Waals surface area contributed by atoms with E-state index >= 15 is 0 Å². The molecule has 0 bridgehead atoms. The van der Waals surface area contributed by atoms with Gasteiger partial charge in [0, 0.05) is 16.0 Å². The lowest BCUT2D eigenvalue weighted by Crippen LogP contribution is -2.05. The Labute approximate surface area is 116 Å². The Morgan fingerprint density at radius 1 is 1.28 bits per heavy atom. The quantitative estimate of drug-likeness (QED) is 0.787. The van der Waals surface area contributed by atoms with Crippen LogP contribution in [0.5, 0.6) is 5.75 Å². The highest BCUT2D eigenvalue weighted by Gasteiger charge is 2.54. The van der Waals surface area contributed by atoms with Crippen molar-refractivity contribution < 1.29 is 9.53 Å². The summed E-state index contributed by atoms with van der Waals surface area (Å²) in [6.07, 6.45) is 5.09. The highest BCUT2D eigenvalue weighted by Crippen LogP contribution is 2.56. The number of benzene rings is 1. The van der Waals surface area contributed by atoms with Gasteiger partial charge >= 0.3 is 0 Å². The lowest BCUT2D eigenvalue weighted by Gasteiger charge is -2.06. The summed E-state index contributed by atoms with van der Waals surface area (Å²) in [6.45, 7) is 0. The largest absolute Gasteiger partial charge is 0.497 e. The highest BCUT2D eigenvalue weighted by atomic mass is 79.9. The maximum Gasteiger partial charge on any atom is 0.167 e.